The molecular formula is C10H20O6. The molecule has 0 radical (unpaired) electrons. The lowest BCUT2D eigenvalue weighted by Gasteiger charge is -1.90. The van der Waals surface area contributed by atoms with E-state index in [4.69, 9.17) is 28.4 Å². The Morgan fingerprint density at radius 1 is 0.688 bits per heavy atom. The van der Waals surface area contributed by atoms with E-state index >= 15 is 0 Å². The van der Waals surface area contributed by atoms with E-state index in [0.29, 0.717) is 26.5 Å². The first-order valence-electron chi connectivity index (χ1n) is 5.40. The fraction of sp³-hybridized carbons (Fsp3) is 1.00. The van der Waals surface area contributed by atoms with Gasteiger partial charge in [-0.25, -0.2) is 0 Å². The monoisotopic (exact) mass is 236 g/mol. The lowest BCUT2D eigenvalue weighted by molar-refractivity contribution is 0.0514. The molecule has 3 heterocycles. The van der Waals surface area contributed by atoms with E-state index in [1.54, 1.807) is 0 Å². The molecule has 6 heteroatoms. The first kappa shape index (κ1) is 13.8. The van der Waals surface area contributed by atoms with Gasteiger partial charge in [0.05, 0.1) is 39.1 Å². The molecule has 3 rings (SSSR count). The highest BCUT2D eigenvalue weighted by Gasteiger charge is 2.07. The molecule has 1 unspecified atom stereocenters. The second-order valence-electron chi connectivity index (χ2n) is 3.33. The van der Waals surface area contributed by atoms with Crippen molar-refractivity contribution in [1.29, 1.82) is 0 Å². The zero-order valence-corrected chi connectivity index (χ0v) is 9.68. The molecule has 16 heavy (non-hydrogen) atoms. The molecule has 0 bridgehead atoms. The molecule has 3 aliphatic rings. The van der Waals surface area contributed by atoms with Gasteiger partial charge < -0.3 is 28.4 Å². The van der Waals surface area contributed by atoms with Gasteiger partial charge in [-0.1, -0.05) is 0 Å². The minimum absolute atomic E-state index is 0.324. The van der Waals surface area contributed by atoms with Crippen molar-refractivity contribution in [2.24, 2.45) is 0 Å². The van der Waals surface area contributed by atoms with E-state index in [-0.39, 0.29) is 0 Å². The quantitative estimate of drug-likeness (QED) is 0.605. The summed E-state index contributed by atoms with van der Waals surface area (Å²) in [5.41, 5.74) is 0. The van der Waals surface area contributed by atoms with Gasteiger partial charge >= 0.3 is 0 Å². The van der Waals surface area contributed by atoms with Gasteiger partial charge in [-0.2, -0.15) is 0 Å². The second-order valence-corrected chi connectivity index (χ2v) is 3.33. The molecule has 0 amide bonds. The molecule has 0 spiro atoms. The SMILES string of the molecule is C1COCO1.C1COCO1.CC1COCO1. The highest BCUT2D eigenvalue weighted by atomic mass is 16.7. The Kier molecular flexibility index (Phi) is 8.60. The minimum Gasteiger partial charge on any atom is -0.353 e. The van der Waals surface area contributed by atoms with Crippen molar-refractivity contribution in [1.82, 2.24) is 0 Å². The van der Waals surface area contributed by atoms with Crippen molar-refractivity contribution < 1.29 is 28.4 Å². The summed E-state index contributed by atoms with van der Waals surface area (Å²) in [7, 11) is 0. The molecule has 0 aliphatic carbocycles. The van der Waals surface area contributed by atoms with Gasteiger partial charge in [0.15, 0.2) is 0 Å². The first-order valence-corrected chi connectivity index (χ1v) is 5.40. The summed E-state index contributed by atoms with van der Waals surface area (Å²) in [5, 5.41) is 0. The molecule has 6 nitrogen and oxygen atoms in total. The fourth-order valence-corrected chi connectivity index (χ4v) is 1.02. The molecule has 3 saturated heterocycles. The van der Waals surface area contributed by atoms with Crippen LogP contribution in [0.1, 0.15) is 6.92 Å². The zero-order chi connectivity index (χ0) is 11.5. The topological polar surface area (TPSA) is 55.4 Å². The van der Waals surface area contributed by atoms with Gasteiger partial charge in [-0.3, -0.25) is 0 Å². The lowest BCUT2D eigenvalue weighted by atomic mass is 10.5. The van der Waals surface area contributed by atoms with Crippen LogP contribution in [-0.2, 0) is 28.4 Å². The van der Waals surface area contributed by atoms with Crippen LogP contribution in [0.2, 0.25) is 0 Å². The van der Waals surface area contributed by atoms with Crippen LogP contribution in [0, 0.1) is 0 Å². The Balaban J connectivity index is 0.000000121. The summed E-state index contributed by atoms with van der Waals surface area (Å²) in [6, 6.07) is 0. The van der Waals surface area contributed by atoms with Gasteiger partial charge in [-0.15, -0.1) is 0 Å². The van der Waals surface area contributed by atoms with Crippen LogP contribution in [0.15, 0.2) is 0 Å². The Hall–Kier alpha value is -0.240. The summed E-state index contributed by atoms with van der Waals surface area (Å²) in [6.07, 6.45) is 0.324. The maximum absolute atomic E-state index is 4.93. The largest absolute Gasteiger partial charge is 0.353 e. The van der Waals surface area contributed by atoms with Crippen molar-refractivity contribution in [3.8, 4) is 0 Å². The van der Waals surface area contributed by atoms with Crippen molar-refractivity contribution >= 4 is 0 Å². The molecule has 96 valence electrons. The first-order chi connectivity index (χ1) is 7.89. The smallest absolute Gasteiger partial charge is 0.147 e. The molecule has 3 aliphatic heterocycles. The van der Waals surface area contributed by atoms with Crippen molar-refractivity contribution in [2.75, 3.05) is 53.4 Å². The second kappa shape index (κ2) is 9.95. The maximum atomic E-state index is 4.93. The predicted octanol–water partition coefficient (Wildman–Crippen LogP) is 0.361. The van der Waals surface area contributed by atoms with Gasteiger partial charge in [-0.05, 0) is 6.92 Å². The standard InChI is InChI=1S/C4H8O2.2C3H6O2/c1-4-2-5-3-6-4;2*1-2-5-3-4-1/h4H,2-3H2,1H3;2*1-3H2. The molecule has 0 aromatic rings. The van der Waals surface area contributed by atoms with E-state index < -0.39 is 0 Å². The third-order valence-corrected chi connectivity index (χ3v) is 1.87. The van der Waals surface area contributed by atoms with Gasteiger partial charge in [0, 0.05) is 0 Å². The highest BCUT2D eigenvalue weighted by molar-refractivity contribution is 4.48. The number of hydrogen-bond acceptors (Lipinski definition) is 6. The summed E-state index contributed by atoms with van der Waals surface area (Å²) < 4.78 is 28.7. The van der Waals surface area contributed by atoms with E-state index in [0.717, 1.165) is 33.0 Å². The Morgan fingerprint density at radius 3 is 1.31 bits per heavy atom. The third-order valence-electron chi connectivity index (χ3n) is 1.87. The number of hydrogen-bond donors (Lipinski definition) is 0. The van der Waals surface area contributed by atoms with Crippen LogP contribution in [-0.4, -0.2) is 59.5 Å². The molecule has 1 atom stereocenters. The molecule has 3 fully saturated rings. The lowest BCUT2D eigenvalue weighted by Crippen LogP contribution is -2.00. The number of ether oxygens (including phenoxy) is 6. The third kappa shape index (κ3) is 7.98. The molecular weight excluding hydrogens is 216 g/mol. The summed E-state index contributed by atoms with van der Waals surface area (Å²) in [4.78, 5) is 0. The maximum Gasteiger partial charge on any atom is 0.147 e. The van der Waals surface area contributed by atoms with E-state index in [2.05, 4.69) is 0 Å². The van der Waals surface area contributed by atoms with Crippen molar-refractivity contribution in [2.45, 2.75) is 13.0 Å². The fourth-order valence-electron chi connectivity index (χ4n) is 1.02. The van der Waals surface area contributed by atoms with Crippen LogP contribution in [0.3, 0.4) is 0 Å². The van der Waals surface area contributed by atoms with Gasteiger partial charge in [0.25, 0.3) is 0 Å². The Morgan fingerprint density at radius 2 is 1.19 bits per heavy atom. The van der Waals surface area contributed by atoms with E-state index in [9.17, 15) is 0 Å². The van der Waals surface area contributed by atoms with E-state index in [1.807, 2.05) is 6.92 Å². The zero-order valence-electron chi connectivity index (χ0n) is 9.68. The minimum atomic E-state index is 0.324. The predicted molar refractivity (Wildman–Crippen MR) is 54.9 cm³/mol. The van der Waals surface area contributed by atoms with Crippen LogP contribution in [0.4, 0.5) is 0 Å². The summed E-state index contributed by atoms with van der Waals surface area (Å²) >= 11 is 0. The highest BCUT2D eigenvalue weighted by Crippen LogP contribution is 1.98. The molecule has 0 saturated carbocycles. The van der Waals surface area contributed by atoms with Crippen LogP contribution < -0.4 is 0 Å². The van der Waals surface area contributed by atoms with Gasteiger partial charge in [0.2, 0.25) is 0 Å². The average molecular weight is 236 g/mol. The van der Waals surface area contributed by atoms with Crippen molar-refractivity contribution in [3.05, 3.63) is 0 Å². The van der Waals surface area contributed by atoms with Crippen LogP contribution >= 0.6 is 0 Å². The van der Waals surface area contributed by atoms with Gasteiger partial charge in [0.1, 0.15) is 20.4 Å². The normalized spacial score (nSPS) is 27.9. The molecule has 0 aromatic carbocycles. The summed E-state index contributed by atoms with van der Waals surface area (Å²) in [5.74, 6) is 0. The van der Waals surface area contributed by atoms with Crippen LogP contribution in [0.5, 0.6) is 0 Å². The number of rotatable bonds is 0. The Labute approximate surface area is 95.7 Å². The van der Waals surface area contributed by atoms with E-state index in [1.165, 1.54) is 0 Å². The van der Waals surface area contributed by atoms with Crippen molar-refractivity contribution in [3.63, 3.8) is 0 Å². The Bertz CT molecular complexity index is 115. The average Bonchev–Trinajstić information content (AvgIpc) is 3.07. The molecule has 0 aromatic heterocycles. The summed E-state index contributed by atoms with van der Waals surface area (Å²) in [6.45, 7) is 7.36. The molecule has 0 N–H and O–H groups in total. The van der Waals surface area contributed by atoms with Crippen LogP contribution in [0.25, 0.3) is 0 Å².